The van der Waals surface area contributed by atoms with Gasteiger partial charge < -0.3 is 15.2 Å². The smallest absolute Gasteiger partial charge is 0.407 e. The molecule has 0 saturated heterocycles. The number of fused-ring (bicyclic) bond motifs is 1. The molecule has 0 spiro atoms. The molecule has 15 heavy (non-hydrogen) atoms. The molecule has 0 amide bonds. The lowest BCUT2D eigenvalue weighted by Gasteiger charge is -2.17. The Morgan fingerprint density at radius 2 is 2.00 bits per heavy atom. The molecule has 0 aromatic heterocycles. The van der Waals surface area contributed by atoms with Gasteiger partial charge in [0.25, 0.3) is 0 Å². The number of alkyl halides is 3. The molecule has 0 fully saturated rings. The van der Waals surface area contributed by atoms with Gasteiger partial charge in [0.05, 0.1) is 0 Å². The van der Waals surface area contributed by atoms with Crippen molar-refractivity contribution in [3.05, 3.63) is 23.8 Å². The molecule has 0 radical (unpaired) electrons. The van der Waals surface area contributed by atoms with Crippen LogP contribution in [-0.4, -0.2) is 13.0 Å². The molecular weight excluding hydrogens is 211 g/mol. The van der Waals surface area contributed by atoms with E-state index in [2.05, 4.69) is 0 Å². The normalized spacial score (nSPS) is 16.5. The van der Waals surface area contributed by atoms with Gasteiger partial charge in [-0.2, -0.15) is 13.2 Å². The lowest BCUT2D eigenvalue weighted by Crippen LogP contribution is -2.28. The first-order chi connectivity index (χ1) is 7.00. The van der Waals surface area contributed by atoms with Gasteiger partial charge in [-0.05, 0) is 6.07 Å². The van der Waals surface area contributed by atoms with E-state index in [4.69, 9.17) is 15.2 Å². The second-order valence-electron chi connectivity index (χ2n) is 3.10. The quantitative estimate of drug-likeness (QED) is 0.785. The topological polar surface area (TPSA) is 44.5 Å². The Bertz CT molecular complexity index is 378. The van der Waals surface area contributed by atoms with Gasteiger partial charge in [-0.3, -0.25) is 0 Å². The number of ether oxygens (including phenoxy) is 2. The summed E-state index contributed by atoms with van der Waals surface area (Å²) in [4.78, 5) is 0. The molecule has 0 bridgehead atoms. The van der Waals surface area contributed by atoms with Crippen molar-refractivity contribution in [1.29, 1.82) is 0 Å². The Balaban J connectivity index is 2.41. The van der Waals surface area contributed by atoms with Crippen LogP contribution in [0.3, 0.4) is 0 Å². The van der Waals surface area contributed by atoms with Crippen molar-refractivity contribution in [3.63, 3.8) is 0 Å². The zero-order chi connectivity index (χ0) is 11.1. The Labute approximate surface area is 83.6 Å². The highest BCUT2D eigenvalue weighted by Gasteiger charge is 2.40. The van der Waals surface area contributed by atoms with E-state index < -0.39 is 12.2 Å². The van der Waals surface area contributed by atoms with Crippen LogP contribution in [0.1, 0.15) is 11.6 Å². The van der Waals surface area contributed by atoms with Gasteiger partial charge in [-0.25, -0.2) is 0 Å². The lowest BCUT2D eigenvalue weighted by atomic mass is 10.1. The van der Waals surface area contributed by atoms with Gasteiger partial charge in [0.1, 0.15) is 6.04 Å². The fourth-order valence-corrected chi connectivity index (χ4v) is 1.37. The highest BCUT2D eigenvalue weighted by atomic mass is 19.4. The SMILES string of the molecule is N[C@H](c1cccc2c1OCO2)C(F)(F)F. The first kappa shape index (κ1) is 10.1. The molecule has 1 aliphatic heterocycles. The van der Waals surface area contributed by atoms with Crippen molar-refractivity contribution < 1.29 is 22.6 Å². The molecule has 2 rings (SSSR count). The maximum atomic E-state index is 12.4. The molecule has 1 aromatic carbocycles. The van der Waals surface area contributed by atoms with Gasteiger partial charge in [-0.15, -0.1) is 0 Å². The number of rotatable bonds is 1. The molecule has 1 heterocycles. The number of halogens is 3. The molecule has 6 heteroatoms. The van der Waals surface area contributed by atoms with Crippen LogP contribution in [0.4, 0.5) is 13.2 Å². The Morgan fingerprint density at radius 3 is 2.67 bits per heavy atom. The Hall–Kier alpha value is -1.43. The Morgan fingerprint density at radius 1 is 1.27 bits per heavy atom. The summed E-state index contributed by atoms with van der Waals surface area (Å²) in [6.07, 6.45) is -4.49. The standard InChI is InChI=1S/C9H8F3NO2/c10-9(11,12)8(13)5-2-1-3-6-7(5)15-4-14-6/h1-3,8H,4,13H2/t8-/m1/s1. The van der Waals surface area contributed by atoms with E-state index in [1.807, 2.05) is 0 Å². The van der Waals surface area contributed by atoms with Gasteiger partial charge >= 0.3 is 6.18 Å². The third-order valence-corrected chi connectivity index (χ3v) is 2.11. The summed E-state index contributed by atoms with van der Waals surface area (Å²) in [6, 6.07) is 2.23. The van der Waals surface area contributed by atoms with Crippen LogP contribution in [-0.2, 0) is 0 Å². The van der Waals surface area contributed by atoms with Crippen LogP contribution in [0, 0.1) is 0 Å². The van der Waals surface area contributed by atoms with Gasteiger partial charge in [0.15, 0.2) is 11.5 Å². The third kappa shape index (κ3) is 1.72. The van der Waals surface area contributed by atoms with E-state index in [-0.39, 0.29) is 18.1 Å². The highest BCUT2D eigenvalue weighted by Crippen LogP contribution is 2.42. The number of hydrogen-bond acceptors (Lipinski definition) is 3. The van der Waals surface area contributed by atoms with E-state index in [1.54, 1.807) is 0 Å². The summed E-state index contributed by atoms with van der Waals surface area (Å²) in [5.74, 6) is 0.384. The maximum absolute atomic E-state index is 12.4. The van der Waals surface area contributed by atoms with E-state index in [1.165, 1.54) is 18.2 Å². The van der Waals surface area contributed by atoms with E-state index in [0.29, 0.717) is 5.75 Å². The predicted molar refractivity (Wildman–Crippen MR) is 45.5 cm³/mol. The van der Waals surface area contributed by atoms with Gasteiger partial charge in [0, 0.05) is 5.56 Å². The summed E-state index contributed by atoms with van der Waals surface area (Å²) in [5, 5.41) is 0. The minimum absolute atomic E-state index is 0.0725. The second kappa shape index (κ2) is 3.30. The predicted octanol–water partition coefficient (Wildman–Crippen LogP) is 1.98. The zero-order valence-electron chi connectivity index (χ0n) is 7.54. The molecular formula is C9H8F3NO2. The molecule has 1 aliphatic rings. The molecule has 3 nitrogen and oxygen atoms in total. The van der Waals surface area contributed by atoms with Gasteiger partial charge in [0.2, 0.25) is 6.79 Å². The zero-order valence-corrected chi connectivity index (χ0v) is 7.54. The maximum Gasteiger partial charge on any atom is 0.407 e. The van der Waals surface area contributed by atoms with Crippen molar-refractivity contribution >= 4 is 0 Å². The van der Waals surface area contributed by atoms with Crippen LogP contribution in [0.2, 0.25) is 0 Å². The van der Waals surface area contributed by atoms with Crippen LogP contribution >= 0.6 is 0 Å². The summed E-state index contributed by atoms with van der Waals surface area (Å²) < 4.78 is 47.0. The number of benzene rings is 1. The largest absolute Gasteiger partial charge is 0.454 e. The van der Waals surface area contributed by atoms with Crippen LogP contribution < -0.4 is 15.2 Å². The summed E-state index contributed by atoms with van der Waals surface area (Å²) in [5.41, 5.74) is 4.99. The van der Waals surface area contributed by atoms with Crippen molar-refractivity contribution in [3.8, 4) is 11.5 Å². The third-order valence-electron chi connectivity index (χ3n) is 2.11. The second-order valence-corrected chi connectivity index (χ2v) is 3.10. The monoisotopic (exact) mass is 219 g/mol. The average molecular weight is 219 g/mol. The minimum atomic E-state index is -4.49. The molecule has 0 saturated carbocycles. The van der Waals surface area contributed by atoms with Crippen molar-refractivity contribution in [2.24, 2.45) is 5.73 Å². The summed E-state index contributed by atoms with van der Waals surface area (Å²) in [6.45, 7) is -0.0725. The Kier molecular flexibility index (Phi) is 2.22. The summed E-state index contributed by atoms with van der Waals surface area (Å²) in [7, 11) is 0. The molecule has 1 aromatic rings. The molecule has 0 unspecified atom stereocenters. The first-order valence-electron chi connectivity index (χ1n) is 4.21. The van der Waals surface area contributed by atoms with Crippen molar-refractivity contribution in [1.82, 2.24) is 0 Å². The molecule has 82 valence electrons. The van der Waals surface area contributed by atoms with Crippen LogP contribution in [0.25, 0.3) is 0 Å². The number of nitrogens with two attached hydrogens (primary N) is 1. The fraction of sp³-hybridized carbons (Fsp3) is 0.333. The minimum Gasteiger partial charge on any atom is -0.454 e. The summed E-state index contributed by atoms with van der Waals surface area (Å²) >= 11 is 0. The van der Waals surface area contributed by atoms with Crippen LogP contribution in [0.15, 0.2) is 18.2 Å². The number of para-hydroxylation sites is 1. The van der Waals surface area contributed by atoms with Crippen LogP contribution in [0.5, 0.6) is 11.5 Å². The van der Waals surface area contributed by atoms with Crippen molar-refractivity contribution in [2.75, 3.05) is 6.79 Å². The van der Waals surface area contributed by atoms with Crippen molar-refractivity contribution in [2.45, 2.75) is 12.2 Å². The lowest BCUT2D eigenvalue weighted by molar-refractivity contribution is -0.149. The fourth-order valence-electron chi connectivity index (χ4n) is 1.37. The number of hydrogen-bond donors (Lipinski definition) is 1. The van der Waals surface area contributed by atoms with E-state index in [0.717, 1.165) is 0 Å². The molecule has 0 aliphatic carbocycles. The highest BCUT2D eigenvalue weighted by molar-refractivity contribution is 5.49. The molecule has 2 N–H and O–H groups in total. The van der Waals surface area contributed by atoms with Gasteiger partial charge in [-0.1, -0.05) is 12.1 Å². The molecule has 1 atom stereocenters. The average Bonchev–Trinajstić information content (AvgIpc) is 2.62. The first-order valence-corrected chi connectivity index (χ1v) is 4.21. The van der Waals surface area contributed by atoms with E-state index in [9.17, 15) is 13.2 Å². The van der Waals surface area contributed by atoms with E-state index >= 15 is 0 Å².